The van der Waals surface area contributed by atoms with Crippen molar-refractivity contribution in [1.82, 2.24) is 9.13 Å². The van der Waals surface area contributed by atoms with Gasteiger partial charge in [-0.25, -0.2) is 0 Å². The zero-order valence-corrected chi connectivity index (χ0v) is 25.6. The van der Waals surface area contributed by atoms with Crippen LogP contribution in [0.2, 0.25) is 0 Å². The molecule has 1 atom stereocenters. The summed E-state index contributed by atoms with van der Waals surface area (Å²) in [6.45, 7) is 0. The van der Waals surface area contributed by atoms with Crippen LogP contribution in [0, 0.1) is 0 Å². The Kier molecular flexibility index (Phi) is 5.43. The van der Waals surface area contributed by atoms with Gasteiger partial charge in [-0.05, 0) is 78.9 Å². The highest BCUT2D eigenvalue weighted by Crippen LogP contribution is 2.43. The second-order valence-corrected chi connectivity index (χ2v) is 13.4. The SMILES string of the molecule is C1=CC(n2c3ccccc3c3cc(C4C=Cc5c(c6ccccc6n5-c5cccc6c5sc5ccccc56)C4)ccc32)=CCC1. The van der Waals surface area contributed by atoms with Gasteiger partial charge in [0.15, 0.2) is 0 Å². The van der Waals surface area contributed by atoms with Crippen LogP contribution in [0.25, 0.3) is 70.3 Å². The summed E-state index contributed by atoms with van der Waals surface area (Å²) in [7, 11) is 0. The number of fused-ring (bicyclic) bond motifs is 9. The quantitative estimate of drug-likeness (QED) is 0.193. The average Bonchev–Trinajstić information content (AvgIpc) is 3.76. The van der Waals surface area contributed by atoms with E-state index in [9.17, 15) is 0 Å². The molecule has 8 aromatic rings. The molecule has 10 rings (SSSR count). The predicted octanol–water partition coefficient (Wildman–Crippen LogP) is 11.7. The van der Waals surface area contributed by atoms with E-state index in [4.69, 9.17) is 0 Å². The first-order valence-electron chi connectivity index (χ1n) is 15.9. The fraction of sp³-hybridized carbons (Fsp3) is 0.0952. The van der Waals surface area contributed by atoms with E-state index >= 15 is 0 Å². The number of aromatic nitrogens is 2. The van der Waals surface area contributed by atoms with E-state index in [-0.39, 0.29) is 0 Å². The molecule has 0 saturated carbocycles. The van der Waals surface area contributed by atoms with E-state index in [1.54, 1.807) is 0 Å². The first-order valence-corrected chi connectivity index (χ1v) is 16.8. The molecule has 5 aromatic carbocycles. The lowest BCUT2D eigenvalue weighted by Gasteiger charge is -2.20. The van der Waals surface area contributed by atoms with Gasteiger partial charge in [-0.2, -0.15) is 0 Å². The van der Waals surface area contributed by atoms with Crippen LogP contribution in [0.3, 0.4) is 0 Å². The standard InChI is InChI=1S/C42H30N2S/c1-2-11-29(12-3-1)43-36-17-7-4-13-30(36)34-25-27(21-23-38(34)43)28-22-24-39-35(26-28)31-14-5-8-18-37(31)44(39)40-19-10-16-33-32-15-6-9-20-41(32)45-42(33)40/h2,4-25,28H,1,3,26H2. The van der Waals surface area contributed by atoms with Gasteiger partial charge in [0.05, 0.1) is 26.9 Å². The first-order chi connectivity index (χ1) is 22.3. The number of thiophene rings is 1. The monoisotopic (exact) mass is 594 g/mol. The third-order valence-electron chi connectivity index (χ3n) is 9.91. The van der Waals surface area contributed by atoms with E-state index in [1.807, 2.05) is 11.3 Å². The van der Waals surface area contributed by atoms with Crippen molar-refractivity contribution in [2.45, 2.75) is 25.2 Å². The molecule has 2 aliphatic rings. The number of allylic oxidation sites excluding steroid dienone is 5. The van der Waals surface area contributed by atoms with E-state index in [2.05, 4.69) is 149 Å². The molecule has 0 bridgehead atoms. The first kappa shape index (κ1) is 25.2. The minimum Gasteiger partial charge on any atom is -0.310 e. The minimum atomic E-state index is 0.317. The molecule has 3 heteroatoms. The van der Waals surface area contributed by atoms with Gasteiger partial charge in [0.1, 0.15) is 0 Å². The molecule has 0 N–H and O–H groups in total. The molecule has 2 nitrogen and oxygen atoms in total. The Hall–Kier alpha value is -5.12. The summed E-state index contributed by atoms with van der Waals surface area (Å²) in [4.78, 5) is 0. The Morgan fingerprint density at radius 1 is 0.600 bits per heavy atom. The van der Waals surface area contributed by atoms with Crippen LogP contribution in [0.5, 0.6) is 0 Å². The van der Waals surface area contributed by atoms with Crippen molar-refractivity contribution in [3.8, 4) is 5.69 Å². The third kappa shape index (κ3) is 3.68. The van der Waals surface area contributed by atoms with Crippen LogP contribution in [-0.4, -0.2) is 9.13 Å². The Labute approximate surface area is 265 Å². The molecule has 0 aliphatic heterocycles. The number of para-hydroxylation sites is 2. The van der Waals surface area contributed by atoms with Gasteiger partial charge in [-0.15, -0.1) is 11.3 Å². The molecule has 2 aliphatic carbocycles. The zero-order chi connectivity index (χ0) is 29.5. The summed E-state index contributed by atoms with van der Waals surface area (Å²) in [5, 5.41) is 6.69. The van der Waals surface area contributed by atoms with Gasteiger partial charge in [0.2, 0.25) is 0 Å². The van der Waals surface area contributed by atoms with Crippen molar-refractivity contribution in [2.75, 3.05) is 0 Å². The molecule has 45 heavy (non-hydrogen) atoms. The summed E-state index contributed by atoms with van der Waals surface area (Å²) in [6.07, 6.45) is 15.0. The normalized spacial score (nSPS) is 16.4. The van der Waals surface area contributed by atoms with Crippen LogP contribution in [0.15, 0.2) is 133 Å². The number of hydrogen-bond donors (Lipinski definition) is 0. The van der Waals surface area contributed by atoms with E-state index in [1.165, 1.54) is 81.1 Å². The summed E-state index contributed by atoms with van der Waals surface area (Å²) in [5.74, 6) is 0.317. The number of benzene rings is 5. The van der Waals surface area contributed by atoms with Gasteiger partial charge < -0.3 is 9.13 Å². The van der Waals surface area contributed by atoms with Gasteiger partial charge in [0, 0.05) is 48.9 Å². The largest absolute Gasteiger partial charge is 0.310 e. The van der Waals surface area contributed by atoms with Gasteiger partial charge in [-0.1, -0.05) is 91.0 Å². The second-order valence-electron chi connectivity index (χ2n) is 12.4. The van der Waals surface area contributed by atoms with Crippen LogP contribution in [0.4, 0.5) is 0 Å². The number of rotatable bonds is 3. The average molecular weight is 595 g/mol. The lowest BCUT2D eigenvalue weighted by molar-refractivity contribution is 0.827. The highest BCUT2D eigenvalue weighted by Gasteiger charge is 2.25. The van der Waals surface area contributed by atoms with E-state index in [0.29, 0.717) is 5.92 Å². The van der Waals surface area contributed by atoms with Crippen molar-refractivity contribution in [2.24, 2.45) is 0 Å². The lowest BCUT2D eigenvalue weighted by Crippen LogP contribution is -2.07. The van der Waals surface area contributed by atoms with Crippen LogP contribution < -0.4 is 0 Å². The van der Waals surface area contributed by atoms with Crippen molar-refractivity contribution in [3.05, 3.63) is 150 Å². The third-order valence-corrected chi connectivity index (χ3v) is 11.1. The Balaban J connectivity index is 1.13. The lowest BCUT2D eigenvalue weighted by atomic mass is 9.86. The number of nitrogens with zero attached hydrogens (tertiary/aromatic N) is 2. The number of hydrogen-bond acceptors (Lipinski definition) is 1. The van der Waals surface area contributed by atoms with Crippen molar-refractivity contribution in [3.63, 3.8) is 0 Å². The van der Waals surface area contributed by atoms with Crippen LogP contribution >= 0.6 is 11.3 Å². The highest BCUT2D eigenvalue weighted by atomic mass is 32.1. The molecule has 0 fully saturated rings. The Morgan fingerprint density at radius 3 is 2.22 bits per heavy atom. The molecule has 0 spiro atoms. The smallest absolute Gasteiger partial charge is 0.0640 e. The van der Waals surface area contributed by atoms with Crippen LogP contribution in [0.1, 0.15) is 35.6 Å². The van der Waals surface area contributed by atoms with Gasteiger partial charge in [0.25, 0.3) is 0 Å². The van der Waals surface area contributed by atoms with Crippen molar-refractivity contribution < 1.29 is 0 Å². The predicted molar refractivity (Wildman–Crippen MR) is 194 cm³/mol. The maximum absolute atomic E-state index is 2.51. The molecular weight excluding hydrogens is 565 g/mol. The zero-order valence-electron chi connectivity index (χ0n) is 24.8. The summed E-state index contributed by atoms with van der Waals surface area (Å²) in [6, 6.07) is 40.6. The highest BCUT2D eigenvalue weighted by molar-refractivity contribution is 7.26. The maximum atomic E-state index is 2.51. The summed E-state index contributed by atoms with van der Waals surface area (Å²) >= 11 is 1.90. The Bertz CT molecular complexity index is 2580. The maximum Gasteiger partial charge on any atom is 0.0640 e. The second kappa shape index (κ2) is 9.69. The van der Waals surface area contributed by atoms with E-state index < -0.39 is 0 Å². The molecule has 0 radical (unpaired) electrons. The molecule has 0 saturated heterocycles. The fourth-order valence-corrected chi connectivity index (χ4v) is 9.08. The van der Waals surface area contributed by atoms with Crippen molar-refractivity contribution >= 4 is 76.0 Å². The molecule has 0 amide bonds. The van der Waals surface area contributed by atoms with Crippen LogP contribution in [-0.2, 0) is 6.42 Å². The topological polar surface area (TPSA) is 9.86 Å². The molecular formula is C42H30N2S. The summed E-state index contributed by atoms with van der Waals surface area (Å²) in [5.41, 5.74) is 10.5. The molecule has 3 heterocycles. The molecule has 3 aromatic heterocycles. The Morgan fingerprint density at radius 2 is 1.36 bits per heavy atom. The molecule has 214 valence electrons. The van der Waals surface area contributed by atoms with E-state index in [0.717, 1.165) is 19.3 Å². The minimum absolute atomic E-state index is 0.317. The van der Waals surface area contributed by atoms with Crippen molar-refractivity contribution in [1.29, 1.82) is 0 Å². The van der Waals surface area contributed by atoms with Gasteiger partial charge >= 0.3 is 0 Å². The summed E-state index contributed by atoms with van der Waals surface area (Å²) < 4.78 is 7.65. The molecule has 1 unspecified atom stereocenters. The van der Waals surface area contributed by atoms with Gasteiger partial charge in [-0.3, -0.25) is 0 Å². The fourth-order valence-electron chi connectivity index (χ4n) is 7.87.